The van der Waals surface area contributed by atoms with Crippen molar-refractivity contribution in [3.05, 3.63) is 35.4 Å². The summed E-state index contributed by atoms with van der Waals surface area (Å²) in [7, 11) is 0. The van der Waals surface area contributed by atoms with Crippen LogP contribution in [0.3, 0.4) is 0 Å². The normalized spacial score (nSPS) is 18.0. The molecule has 1 fully saturated rings. The fraction of sp³-hybridized carbons (Fsp3) is 0.556. The summed E-state index contributed by atoms with van der Waals surface area (Å²) < 4.78 is 0. The van der Waals surface area contributed by atoms with Gasteiger partial charge >= 0.3 is 0 Å². The molecule has 0 spiro atoms. The van der Waals surface area contributed by atoms with Crippen molar-refractivity contribution in [1.29, 1.82) is 0 Å². The third-order valence-corrected chi connectivity index (χ3v) is 4.34. The molecule has 1 aliphatic heterocycles. The van der Waals surface area contributed by atoms with Crippen LogP contribution in [-0.4, -0.2) is 58.6 Å². The fourth-order valence-electron chi connectivity index (χ4n) is 2.93. The summed E-state index contributed by atoms with van der Waals surface area (Å²) in [4.78, 5) is 26.2. The zero-order valence-corrected chi connectivity index (χ0v) is 14.1. The van der Waals surface area contributed by atoms with Gasteiger partial charge in [0.15, 0.2) is 5.78 Å². The molecule has 0 aromatic heterocycles. The minimum absolute atomic E-state index is 0.425. The van der Waals surface area contributed by atoms with Crippen molar-refractivity contribution < 1.29 is 19.8 Å². The molecule has 0 bridgehead atoms. The minimum atomic E-state index is -1.10. The molecule has 1 saturated heterocycles. The molecule has 6 heteroatoms. The van der Waals surface area contributed by atoms with Gasteiger partial charge in [-0.1, -0.05) is 18.6 Å². The summed E-state index contributed by atoms with van der Waals surface area (Å²) in [6.45, 7) is 3.79. The maximum atomic E-state index is 12.2. The summed E-state index contributed by atoms with van der Waals surface area (Å²) in [5.41, 5.74) is 1.57. The summed E-state index contributed by atoms with van der Waals surface area (Å²) >= 11 is 0. The molecule has 2 rings (SSSR count). The van der Waals surface area contributed by atoms with Gasteiger partial charge in [0.25, 0.3) is 5.91 Å². The first-order valence-corrected chi connectivity index (χ1v) is 8.45. The predicted molar refractivity (Wildman–Crippen MR) is 90.6 cm³/mol. The molecule has 0 radical (unpaired) electrons. The van der Waals surface area contributed by atoms with Gasteiger partial charge in [-0.05, 0) is 50.6 Å². The molecule has 1 amide bonds. The lowest BCUT2D eigenvalue weighted by molar-refractivity contribution is -0.125. The minimum Gasteiger partial charge on any atom is -0.391 e. The Morgan fingerprint density at radius 1 is 1.17 bits per heavy atom. The average molecular weight is 334 g/mol. The molecule has 6 nitrogen and oxygen atoms in total. The maximum Gasteiger partial charge on any atom is 0.251 e. The Morgan fingerprint density at radius 3 is 2.33 bits per heavy atom. The lowest BCUT2D eigenvalue weighted by Gasteiger charge is -2.26. The third kappa shape index (κ3) is 5.12. The Morgan fingerprint density at radius 2 is 1.79 bits per heavy atom. The van der Waals surface area contributed by atoms with Crippen molar-refractivity contribution in [1.82, 2.24) is 10.2 Å². The van der Waals surface area contributed by atoms with Gasteiger partial charge in [-0.2, -0.15) is 0 Å². The van der Waals surface area contributed by atoms with Crippen LogP contribution < -0.4 is 5.32 Å². The van der Waals surface area contributed by atoms with Crippen LogP contribution in [0.15, 0.2) is 24.3 Å². The highest BCUT2D eigenvalue weighted by Crippen LogP contribution is 2.13. The molecule has 132 valence electrons. The van der Waals surface area contributed by atoms with Crippen LogP contribution in [0, 0.1) is 0 Å². The van der Waals surface area contributed by atoms with E-state index in [2.05, 4.69) is 10.2 Å². The van der Waals surface area contributed by atoms with E-state index >= 15 is 0 Å². The average Bonchev–Trinajstić information content (AvgIpc) is 2.60. The van der Waals surface area contributed by atoms with Gasteiger partial charge in [0, 0.05) is 12.1 Å². The monoisotopic (exact) mass is 334 g/mol. The van der Waals surface area contributed by atoms with Gasteiger partial charge in [-0.25, -0.2) is 0 Å². The van der Waals surface area contributed by atoms with E-state index in [1.54, 1.807) is 12.1 Å². The smallest absolute Gasteiger partial charge is 0.251 e. The Labute approximate surface area is 142 Å². The number of rotatable bonds is 7. The number of amides is 1. The Kier molecular flexibility index (Phi) is 6.90. The second kappa shape index (κ2) is 8.92. The SMILES string of the molecule is C[C@@H](O)[C@H](NC(=O)c1ccc(CN2CCCCC2)cc1)C(=O)CO. The van der Waals surface area contributed by atoms with Crippen LogP contribution >= 0.6 is 0 Å². The van der Waals surface area contributed by atoms with E-state index in [4.69, 9.17) is 5.11 Å². The number of aliphatic hydroxyl groups is 2. The molecule has 1 aromatic carbocycles. The largest absolute Gasteiger partial charge is 0.391 e. The number of piperidine rings is 1. The van der Waals surface area contributed by atoms with Crippen molar-refractivity contribution in [2.45, 2.75) is 44.9 Å². The number of carbonyl (C=O) groups is 2. The lowest BCUT2D eigenvalue weighted by Crippen LogP contribution is -2.48. The second-order valence-corrected chi connectivity index (χ2v) is 6.35. The Hall–Kier alpha value is -1.76. The molecule has 0 unspecified atom stereocenters. The number of Topliss-reactive ketones (excluding diaryl/α,β-unsaturated/α-hetero) is 1. The van der Waals surface area contributed by atoms with E-state index in [1.807, 2.05) is 12.1 Å². The fourth-order valence-corrected chi connectivity index (χ4v) is 2.93. The lowest BCUT2D eigenvalue weighted by atomic mass is 10.1. The number of hydrogen-bond acceptors (Lipinski definition) is 5. The molecule has 24 heavy (non-hydrogen) atoms. The quantitative estimate of drug-likeness (QED) is 0.683. The van der Waals surface area contributed by atoms with Crippen molar-refractivity contribution in [2.75, 3.05) is 19.7 Å². The van der Waals surface area contributed by atoms with Gasteiger partial charge in [0.1, 0.15) is 12.6 Å². The van der Waals surface area contributed by atoms with Crippen LogP contribution in [0.25, 0.3) is 0 Å². The maximum absolute atomic E-state index is 12.2. The van der Waals surface area contributed by atoms with E-state index < -0.39 is 30.4 Å². The summed E-state index contributed by atoms with van der Waals surface area (Å²) in [6.07, 6.45) is 2.71. The number of nitrogens with zero attached hydrogens (tertiary/aromatic N) is 1. The van der Waals surface area contributed by atoms with E-state index in [0.717, 1.165) is 25.2 Å². The van der Waals surface area contributed by atoms with Gasteiger partial charge in [-0.15, -0.1) is 0 Å². The number of ketones is 1. The number of hydrogen-bond donors (Lipinski definition) is 3. The Balaban J connectivity index is 1.96. The van der Waals surface area contributed by atoms with E-state index in [1.165, 1.54) is 26.2 Å². The molecule has 0 saturated carbocycles. The summed E-state index contributed by atoms with van der Waals surface area (Å²) in [5, 5.41) is 21.0. The standard InChI is InChI=1S/C18H26N2O4/c1-13(22)17(16(23)12-21)19-18(24)15-7-5-14(6-8-15)11-20-9-3-2-4-10-20/h5-8,13,17,21-22H,2-4,9-12H2,1H3,(H,19,24)/t13-,17+/m1/s1. The van der Waals surface area contributed by atoms with Crippen LogP contribution in [0.1, 0.15) is 42.1 Å². The van der Waals surface area contributed by atoms with Gasteiger partial charge in [-0.3, -0.25) is 14.5 Å². The van der Waals surface area contributed by atoms with Crippen molar-refractivity contribution >= 4 is 11.7 Å². The number of carbonyl (C=O) groups excluding carboxylic acids is 2. The molecule has 3 N–H and O–H groups in total. The van der Waals surface area contributed by atoms with Crippen LogP contribution in [-0.2, 0) is 11.3 Å². The highest BCUT2D eigenvalue weighted by atomic mass is 16.3. The second-order valence-electron chi connectivity index (χ2n) is 6.35. The number of aliphatic hydroxyl groups excluding tert-OH is 2. The predicted octanol–water partition coefficient (Wildman–Crippen LogP) is 0.713. The van der Waals surface area contributed by atoms with Gasteiger partial charge in [0.05, 0.1) is 6.10 Å². The molecule has 1 heterocycles. The van der Waals surface area contributed by atoms with Crippen molar-refractivity contribution in [3.63, 3.8) is 0 Å². The van der Waals surface area contributed by atoms with Crippen LogP contribution in [0.5, 0.6) is 0 Å². The number of likely N-dealkylation sites (tertiary alicyclic amines) is 1. The first-order chi connectivity index (χ1) is 11.5. The third-order valence-electron chi connectivity index (χ3n) is 4.34. The zero-order chi connectivity index (χ0) is 17.5. The molecule has 1 aliphatic rings. The van der Waals surface area contributed by atoms with E-state index in [0.29, 0.717) is 5.56 Å². The first kappa shape index (κ1) is 18.6. The molecular weight excluding hydrogens is 308 g/mol. The van der Waals surface area contributed by atoms with Crippen molar-refractivity contribution in [3.8, 4) is 0 Å². The summed E-state index contributed by atoms with van der Waals surface area (Å²) in [6, 6.07) is 6.16. The van der Waals surface area contributed by atoms with Gasteiger partial charge in [0.2, 0.25) is 0 Å². The highest BCUT2D eigenvalue weighted by molar-refractivity contribution is 5.98. The molecular formula is C18H26N2O4. The van der Waals surface area contributed by atoms with Crippen molar-refractivity contribution in [2.24, 2.45) is 0 Å². The molecule has 1 aromatic rings. The summed E-state index contributed by atoms with van der Waals surface area (Å²) in [5.74, 6) is -1.05. The zero-order valence-electron chi connectivity index (χ0n) is 14.1. The van der Waals surface area contributed by atoms with Crippen LogP contribution in [0.2, 0.25) is 0 Å². The highest BCUT2D eigenvalue weighted by Gasteiger charge is 2.25. The first-order valence-electron chi connectivity index (χ1n) is 8.45. The molecule has 2 atom stereocenters. The van der Waals surface area contributed by atoms with Crippen LogP contribution in [0.4, 0.5) is 0 Å². The van der Waals surface area contributed by atoms with E-state index in [-0.39, 0.29) is 0 Å². The Bertz CT molecular complexity index is 551. The topological polar surface area (TPSA) is 89.9 Å². The van der Waals surface area contributed by atoms with Gasteiger partial charge < -0.3 is 15.5 Å². The molecule has 0 aliphatic carbocycles. The number of benzene rings is 1. The van der Waals surface area contributed by atoms with E-state index in [9.17, 15) is 14.7 Å². The number of nitrogens with one attached hydrogen (secondary N) is 1.